The molecule has 0 spiro atoms. The summed E-state index contributed by atoms with van der Waals surface area (Å²) in [4.78, 5) is 2.83. The van der Waals surface area contributed by atoms with E-state index in [0.717, 1.165) is 17.9 Å². The summed E-state index contributed by atoms with van der Waals surface area (Å²) in [5.41, 5.74) is 6.33. The van der Waals surface area contributed by atoms with E-state index in [1.54, 1.807) is 0 Å². The van der Waals surface area contributed by atoms with Crippen LogP contribution < -0.4 is 5.73 Å². The average Bonchev–Trinajstić information content (AvgIpc) is 3.02. The minimum atomic E-state index is 0.489. The molecule has 104 valence electrons. The molecule has 0 radical (unpaired) electrons. The number of rotatable bonds is 3. The van der Waals surface area contributed by atoms with E-state index in [2.05, 4.69) is 4.90 Å². The molecule has 18 heavy (non-hydrogen) atoms. The van der Waals surface area contributed by atoms with E-state index in [9.17, 15) is 0 Å². The van der Waals surface area contributed by atoms with Gasteiger partial charge in [0.15, 0.2) is 0 Å². The smallest absolute Gasteiger partial charge is 0.0124 e. The zero-order chi connectivity index (χ0) is 12.4. The third-order valence-corrected chi connectivity index (χ3v) is 5.80. The Bertz CT molecular complexity index is 260. The van der Waals surface area contributed by atoms with Gasteiger partial charge in [-0.25, -0.2) is 0 Å². The maximum absolute atomic E-state index is 6.33. The highest BCUT2D eigenvalue weighted by Crippen LogP contribution is 2.36. The molecule has 2 saturated carbocycles. The molecule has 0 aromatic rings. The van der Waals surface area contributed by atoms with Gasteiger partial charge in [-0.3, -0.25) is 4.90 Å². The lowest BCUT2D eigenvalue weighted by Gasteiger charge is -2.36. The first-order chi connectivity index (χ1) is 8.84. The van der Waals surface area contributed by atoms with Gasteiger partial charge in [-0.15, -0.1) is 0 Å². The fourth-order valence-electron chi connectivity index (χ4n) is 4.72. The predicted octanol–water partition coefficient (Wildman–Crippen LogP) is 3.16. The Labute approximate surface area is 112 Å². The summed E-state index contributed by atoms with van der Waals surface area (Å²) in [6.45, 7) is 2.66. The van der Waals surface area contributed by atoms with Gasteiger partial charge in [-0.2, -0.15) is 0 Å². The second-order valence-corrected chi connectivity index (χ2v) is 6.96. The summed E-state index contributed by atoms with van der Waals surface area (Å²) in [6.07, 6.45) is 14.3. The quantitative estimate of drug-likeness (QED) is 0.833. The molecule has 3 rings (SSSR count). The summed E-state index contributed by atoms with van der Waals surface area (Å²) in [7, 11) is 0. The number of likely N-dealkylation sites (tertiary alicyclic amines) is 1. The maximum Gasteiger partial charge on any atom is 0.0124 e. The zero-order valence-corrected chi connectivity index (χ0v) is 11.8. The van der Waals surface area contributed by atoms with E-state index in [0.29, 0.717) is 6.04 Å². The van der Waals surface area contributed by atoms with Crippen molar-refractivity contribution in [3.8, 4) is 0 Å². The van der Waals surface area contributed by atoms with Crippen LogP contribution in [0.3, 0.4) is 0 Å². The Morgan fingerprint density at radius 2 is 1.56 bits per heavy atom. The van der Waals surface area contributed by atoms with Gasteiger partial charge in [0.25, 0.3) is 0 Å². The summed E-state index contributed by atoms with van der Waals surface area (Å²) < 4.78 is 0. The molecule has 3 aliphatic rings. The fourth-order valence-corrected chi connectivity index (χ4v) is 4.72. The highest BCUT2D eigenvalue weighted by Gasteiger charge is 2.35. The van der Waals surface area contributed by atoms with Crippen molar-refractivity contribution in [1.29, 1.82) is 0 Å². The van der Waals surface area contributed by atoms with E-state index in [1.165, 1.54) is 77.3 Å². The van der Waals surface area contributed by atoms with Crippen LogP contribution in [0.5, 0.6) is 0 Å². The van der Waals surface area contributed by atoms with Crippen LogP contribution in [-0.4, -0.2) is 30.1 Å². The zero-order valence-electron chi connectivity index (χ0n) is 11.8. The van der Waals surface area contributed by atoms with Gasteiger partial charge in [0.1, 0.15) is 0 Å². The molecular weight excluding hydrogens is 220 g/mol. The molecule has 0 bridgehead atoms. The predicted molar refractivity (Wildman–Crippen MR) is 76.5 cm³/mol. The molecule has 3 atom stereocenters. The molecule has 0 aromatic heterocycles. The van der Waals surface area contributed by atoms with Crippen molar-refractivity contribution in [2.75, 3.05) is 13.1 Å². The monoisotopic (exact) mass is 250 g/mol. The molecule has 0 aromatic carbocycles. The SMILES string of the molecule is NC1CCCCC1CN1CCCC1C1CCCC1. The molecule has 2 N–H and O–H groups in total. The van der Waals surface area contributed by atoms with Gasteiger partial charge in [-0.05, 0) is 56.9 Å². The Balaban J connectivity index is 1.56. The maximum atomic E-state index is 6.33. The topological polar surface area (TPSA) is 29.3 Å². The number of nitrogens with zero attached hydrogens (tertiary/aromatic N) is 1. The van der Waals surface area contributed by atoms with Crippen LogP contribution >= 0.6 is 0 Å². The van der Waals surface area contributed by atoms with Crippen LogP contribution in [-0.2, 0) is 0 Å². The third kappa shape index (κ3) is 2.75. The van der Waals surface area contributed by atoms with Crippen molar-refractivity contribution in [1.82, 2.24) is 4.90 Å². The average molecular weight is 250 g/mol. The van der Waals surface area contributed by atoms with Crippen LogP contribution in [0.15, 0.2) is 0 Å². The van der Waals surface area contributed by atoms with Crippen LogP contribution in [0.25, 0.3) is 0 Å². The van der Waals surface area contributed by atoms with E-state index in [-0.39, 0.29) is 0 Å². The van der Waals surface area contributed by atoms with Crippen LogP contribution in [0.1, 0.15) is 64.2 Å². The van der Waals surface area contributed by atoms with Crippen molar-refractivity contribution >= 4 is 0 Å². The van der Waals surface area contributed by atoms with Crippen molar-refractivity contribution in [2.24, 2.45) is 17.6 Å². The molecule has 3 unspecified atom stereocenters. The molecule has 1 aliphatic heterocycles. The largest absolute Gasteiger partial charge is 0.327 e. The lowest BCUT2D eigenvalue weighted by molar-refractivity contribution is 0.139. The van der Waals surface area contributed by atoms with E-state index < -0.39 is 0 Å². The van der Waals surface area contributed by atoms with Gasteiger partial charge < -0.3 is 5.73 Å². The second-order valence-electron chi connectivity index (χ2n) is 6.96. The summed E-state index contributed by atoms with van der Waals surface area (Å²) in [6, 6.07) is 1.41. The summed E-state index contributed by atoms with van der Waals surface area (Å²) in [5.74, 6) is 1.81. The molecular formula is C16H30N2. The van der Waals surface area contributed by atoms with E-state index in [1.807, 2.05) is 0 Å². The minimum Gasteiger partial charge on any atom is -0.327 e. The Morgan fingerprint density at radius 1 is 0.833 bits per heavy atom. The van der Waals surface area contributed by atoms with Crippen molar-refractivity contribution < 1.29 is 0 Å². The van der Waals surface area contributed by atoms with Gasteiger partial charge in [0, 0.05) is 18.6 Å². The molecule has 1 saturated heterocycles. The lowest BCUT2D eigenvalue weighted by atomic mass is 9.84. The minimum absolute atomic E-state index is 0.489. The number of hydrogen-bond acceptors (Lipinski definition) is 2. The van der Waals surface area contributed by atoms with Gasteiger partial charge in [0.2, 0.25) is 0 Å². The van der Waals surface area contributed by atoms with Crippen molar-refractivity contribution in [3.63, 3.8) is 0 Å². The first kappa shape index (κ1) is 12.9. The van der Waals surface area contributed by atoms with Crippen LogP contribution in [0.4, 0.5) is 0 Å². The van der Waals surface area contributed by atoms with Gasteiger partial charge in [0.05, 0.1) is 0 Å². The Hall–Kier alpha value is -0.0800. The highest BCUT2D eigenvalue weighted by molar-refractivity contribution is 4.90. The first-order valence-corrected chi connectivity index (χ1v) is 8.34. The molecule has 3 fully saturated rings. The van der Waals surface area contributed by atoms with E-state index in [4.69, 9.17) is 5.73 Å². The van der Waals surface area contributed by atoms with Crippen LogP contribution in [0.2, 0.25) is 0 Å². The fraction of sp³-hybridized carbons (Fsp3) is 1.00. The highest BCUT2D eigenvalue weighted by atomic mass is 15.2. The van der Waals surface area contributed by atoms with Crippen molar-refractivity contribution in [2.45, 2.75) is 76.3 Å². The summed E-state index contributed by atoms with van der Waals surface area (Å²) >= 11 is 0. The molecule has 2 nitrogen and oxygen atoms in total. The standard InChI is InChI=1S/C16H30N2/c17-15-9-4-3-8-14(15)12-18-11-5-10-16(18)13-6-1-2-7-13/h13-16H,1-12,17H2. The lowest BCUT2D eigenvalue weighted by Crippen LogP contribution is -2.44. The van der Waals surface area contributed by atoms with Crippen molar-refractivity contribution in [3.05, 3.63) is 0 Å². The first-order valence-electron chi connectivity index (χ1n) is 8.34. The Kier molecular flexibility index (Phi) is 4.25. The number of nitrogens with two attached hydrogens (primary N) is 1. The third-order valence-electron chi connectivity index (χ3n) is 5.80. The second kappa shape index (κ2) is 5.92. The van der Waals surface area contributed by atoms with Crippen LogP contribution in [0, 0.1) is 11.8 Å². The number of hydrogen-bond donors (Lipinski definition) is 1. The summed E-state index contributed by atoms with van der Waals surface area (Å²) in [5, 5.41) is 0. The molecule has 1 heterocycles. The van der Waals surface area contributed by atoms with Gasteiger partial charge in [-0.1, -0.05) is 25.7 Å². The molecule has 2 heteroatoms. The Morgan fingerprint density at radius 3 is 2.33 bits per heavy atom. The van der Waals surface area contributed by atoms with Gasteiger partial charge >= 0.3 is 0 Å². The normalized spacial score (nSPS) is 39.5. The molecule has 2 aliphatic carbocycles. The van der Waals surface area contributed by atoms with E-state index >= 15 is 0 Å². The molecule has 0 amide bonds.